The molecule has 0 aliphatic rings. The van der Waals surface area contributed by atoms with Gasteiger partial charge in [0, 0.05) is 0 Å². The van der Waals surface area contributed by atoms with Gasteiger partial charge in [0.05, 0.1) is 16.2 Å². The Kier molecular flexibility index (Phi) is 5.47. The number of carboxylic acids is 1. The number of unbranched alkanes of at least 4 members (excludes halogenated alkanes) is 3. The molecule has 0 amide bonds. The second-order valence-corrected chi connectivity index (χ2v) is 6.44. The summed E-state index contributed by atoms with van der Waals surface area (Å²) in [5, 5.41) is 8.77. The van der Waals surface area contributed by atoms with E-state index < -0.39 is 27.2 Å². The average Bonchev–Trinajstić information content (AvgIpc) is 2.34. The van der Waals surface area contributed by atoms with Gasteiger partial charge in [-0.1, -0.05) is 26.2 Å². The summed E-state index contributed by atoms with van der Waals surface area (Å²) >= 11 is 0. The molecule has 0 saturated carbocycles. The fourth-order valence-electron chi connectivity index (χ4n) is 1.70. The standard InChI is InChI=1S/C13H17FO4S/c1-2-3-4-5-8-19(17,18)10-6-7-12(14)11(9-10)13(15)16/h6-7,9H,2-5,8H2,1H3,(H,15,16). The first-order valence-corrected chi connectivity index (χ1v) is 7.79. The van der Waals surface area contributed by atoms with Gasteiger partial charge in [-0.05, 0) is 24.6 Å². The van der Waals surface area contributed by atoms with Crippen LogP contribution in [0.5, 0.6) is 0 Å². The van der Waals surface area contributed by atoms with E-state index in [2.05, 4.69) is 0 Å². The van der Waals surface area contributed by atoms with E-state index in [1.807, 2.05) is 6.92 Å². The lowest BCUT2D eigenvalue weighted by Crippen LogP contribution is -2.09. The molecule has 1 aromatic carbocycles. The second-order valence-electron chi connectivity index (χ2n) is 4.33. The molecule has 106 valence electrons. The lowest BCUT2D eigenvalue weighted by molar-refractivity contribution is 0.0691. The number of sulfone groups is 1. The Morgan fingerprint density at radius 3 is 2.53 bits per heavy atom. The van der Waals surface area contributed by atoms with Crippen LogP contribution in [0.15, 0.2) is 23.1 Å². The van der Waals surface area contributed by atoms with Gasteiger partial charge in [0.25, 0.3) is 0 Å². The van der Waals surface area contributed by atoms with E-state index in [0.717, 1.165) is 37.5 Å². The van der Waals surface area contributed by atoms with Crippen LogP contribution in [0, 0.1) is 5.82 Å². The molecule has 1 N–H and O–H groups in total. The number of carbonyl (C=O) groups is 1. The predicted octanol–water partition coefficient (Wildman–Crippen LogP) is 2.88. The minimum Gasteiger partial charge on any atom is -0.478 e. The quantitative estimate of drug-likeness (QED) is 0.618. The fraction of sp³-hybridized carbons (Fsp3) is 0.462. The number of rotatable bonds is 7. The van der Waals surface area contributed by atoms with E-state index in [4.69, 9.17) is 5.11 Å². The third kappa shape index (κ3) is 4.31. The topological polar surface area (TPSA) is 71.4 Å². The molecule has 1 rings (SSSR count). The van der Waals surface area contributed by atoms with Gasteiger partial charge in [-0.25, -0.2) is 17.6 Å². The number of carboxylic acid groups (broad SMARTS) is 1. The maximum absolute atomic E-state index is 13.2. The number of benzene rings is 1. The van der Waals surface area contributed by atoms with Crippen LogP contribution in [-0.4, -0.2) is 25.2 Å². The Morgan fingerprint density at radius 2 is 1.95 bits per heavy atom. The molecule has 4 nitrogen and oxygen atoms in total. The second kappa shape index (κ2) is 6.65. The maximum Gasteiger partial charge on any atom is 0.338 e. The molecular formula is C13H17FO4S. The lowest BCUT2D eigenvalue weighted by Gasteiger charge is -2.06. The zero-order valence-corrected chi connectivity index (χ0v) is 11.5. The molecule has 0 spiro atoms. The monoisotopic (exact) mass is 288 g/mol. The molecule has 0 atom stereocenters. The highest BCUT2D eigenvalue weighted by atomic mass is 32.2. The molecule has 0 unspecified atom stereocenters. The van der Waals surface area contributed by atoms with Crippen LogP contribution < -0.4 is 0 Å². The normalized spacial score (nSPS) is 11.5. The summed E-state index contributed by atoms with van der Waals surface area (Å²) in [6.45, 7) is 2.02. The molecule has 0 aliphatic heterocycles. The maximum atomic E-state index is 13.2. The van der Waals surface area contributed by atoms with Gasteiger partial charge >= 0.3 is 5.97 Å². The van der Waals surface area contributed by atoms with Crippen molar-refractivity contribution in [1.82, 2.24) is 0 Å². The van der Waals surface area contributed by atoms with Gasteiger partial charge in [0.2, 0.25) is 0 Å². The summed E-state index contributed by atoms with van der Waals surface area (Å²) in [5.74, 6) is -2.45. The molecule has 0 saturated heterocycles. The fourth-order valence-corrected chi connectivity index (χ4v) is 3.09. The summed E-state index contributed by atoms with van der Waals surface area (Å²) in [6.07, 6.45) is 3.29. The molecule has 0 bridgehead atoms. The van der Waals surface area contributed by atoms with E-state index in [1.54, 1.807) is 0 Å². The summed E-state index contributed by atoms with van der Waals surface area (Å²) in [4.78, 5) is 10.6. The number of aromatic carboxylic acids is 1. The van der Waals surface area contributed by atoms with E-state index in [0.29, 0.717) is 6.42 Å². The van der Waals surface area contributed by atoms with Crippen LogP contribution in [0.2, 0.25) is 0 Å². The van der Waals surface area contributed by atoms with Crippen LogP contribution in [0.3, 0.4) is 0 Å². The highest BCUT2D eigenvalue weighted by molar-refractivity contribution is 7.91. The summed E-state index contributed by atoms with van der Waals surface area (Å²) in [7, 11) is -3.54. The molecule has 0 radical (unpaired) electrons. The smallest absolute Gasteiger partial charge is 0.338 e. The zero-order valence-electron chi connectivity index (χ0n) is 10.7. The van der Waals surface area contributed by atoms with E-state index in [1.165, 1.54) is 0 Å². The van der Waals surface area contributed by atoms with Gasteiger partial charge in [-0.3, -0.25) is 0 Å². The summed E-state index contributed by atoms with van der Waals surface area (Å²) < 4.78 is 37.1. The zero-order chi connectivity index (χ0) is 14.5. The largest absolute Gasteiger partial charge is 0.478 e. The first-order valence-electron chi connectivity index (χ1n) is 6.14. The third-order valence-electron chi connectivity index (χ3n) is 2.79. The average molecular weight is 288 g/mol. The highest BCUT2D eigenvalue weighted by Crippen LogP contribution is 2.18. The molecule has 19 heavy (non-hydrogen) atoms. The number of hydrogen-bond acceptors (Lipinski definition) is 3. The number of hydrogen-bond donors (Lipinski definition) is 1. The molecule has 0 fully saturated rings. The van der Waals surface area contributed by atoms with Gasteiger partial charge < -0.3 is 5.11 Å². The van der Waals surface area contributed by atoms with Crippen molar-refractivity contribution in [3.8, 4) is 0 Å². The Labute approximate surface area is 112 Å². The highest BCUT2D eigenvalue weighted by Gasteiger charge is 2.18. The SMILES string of the molecule is CCCCCCS(=O)(=O)c1ccc(F)c(C(=O)O)c1. The van der Waals surface area contributed by atoms with Gasteiger partial charge in [0.15, 0.2) is 9.84 Å². The van der Waals surface area contributed by atoms with Gasteiger partial charge in [-0.15, -0.1) is 0 Å². The summed E-state index contributed by atoms with van der Waals surface area (Å²) in [5.41, 5.74) is -0.616. The minimum atomic E-state index is -3.54. The van der Waals surface area contributed by atoms with Crippen molar-refractivity contribution in [2.45, 2.75) is 37.5 Å². The predicted molar refractivity (Wildman–Crippen MR) is 69.6 cm³/mol. The van der Waals surface area contributed by atoms with Crippen molar-refractivity contribution in [3.05, 3.63) is 29.6 Å². The lowest BCUT2D eigenvalue weighted by atomic mass is 10.2. The molecular weight excluding hydrogens is 271 g/mol. The summed E-state index contributed by atoms with van der Waals surface area (Å²) in [6, 6.07) is 2.87. The molecule has 0 aliphatic carbocycles. The van der Waals surface area contributed by atoms with Crippen molar-refractivity contribution in [2.75, 3.05) is 5.75 Å². The van der Waals surface area contributed by atoms with E-state index in [-0.39, 0.29) is 10.6 Å². The first-order chi connectivity index (χ1) is 8.88. The Balaban J connectivity index is 2.89. The van der Waals surface area contributed by atoms with Crippen molar-refractivity contribution in [3.63, 3.8) is 0 Å². The molecule has 6 heteroatoms. The Hall–Kier alpha value is -1.43. The minimum absolute atomic E-state index is 0.0440. The van der Waals surface area contributed by atoms with Crippen LogP contribution >= 0.6 is 0 Å². The van der Waals surface area contributed by atoms with Crippen molar-refractivity contribution >= 4 is 15.8 Å². The third-order valence-corrected chi connectivity index (χ3v) is 4.59. The Bertz CT molecular complexity index is 552. The van der Waals surface area contributed by atoms with Crippen LogP contribution in [0.1, 0.15) is 43.0 Å². The van der Waals surface area contributed by atoms with Crippen LogP contribution in [-0.2, 0) is 9.84 Å². The Morgan fingerprint density at radius 1 is 1.26 bits per heavy atom. The molecule has 0 aromatic heterocycles. The van der Waals surface area contributed by atoms with Crippen molar-refractivity contribution in [1.29, 1.82) is 0 Å². The van der Waals surface area contributed by atoms with Crippen LogP contribution in [0.4, 0.5) is 4.39 Å². The van der Waals surface area contributed by atoms with Gasteiger partial charge in [-0.2, -0.15) is 0 Å². The van der Waals surface area contributed by atoms with Crippen molar-refractivity contribution in [2.24, 2.45) is 0 Å². The van der Waals surface area contributed by atoms with Crippen molar-refractivity contribution < 1.29 is 22.7 Å². The van der Waals surface area contributed by atoms with E-state index in [9.17, 15) is 17.6 Å². The van der Waals surface area contributed by atoms with Crippen LogP contribution in [0.25, 0.3) is 0 Å². The van der Waals surface area contributed by atoms with Gasteiger partial charge in [0.1, 0.15) is 5.82 Å². The van der Waals surface area contributed by atoms with E-state index >= 15 is 0 Å². The first kappa shape index (κ1) is 15.6. The molecule has 0 heterocycles. The molecule has 1 aromatic rings. The number of halogens is 1.